The maximum absolute atomic E-state index is 12.7. The Balaban J connectivity index is 1.37. The molecule has 1 saturated heterocycles. The molecule has 8 nitrogen and oxygen atoms in total. The van der Waals surface area contributed by atoms with Crippen molar-refractivity contribution in [2.75, 3.05) is 25.2 Å². The number of piperidine rings is 1. The van der Waals surface area contributed by atoms with Crippen LogP contribution < -0.4 is 19.5 Å². The molecule has 2 heterocycles. The van der Waals surface area contributed by atoms with Crippen LogP contribution in [0.5, 0.6) is 17.2 Å². The van der Waals surface area contributed by atoms with Gasteiger partial charge in [-0.15, -0.1) is 0 Å². The number of anilines is 1. The first kappa shape index (κ1) is 21.5. The summed E-state index contributed by atoms with van der Waals surface area (Å²) in [6, 6.07) is 12.0. The van der Waals surface area contributed by atoms with Gasteiger partial charge in [0.25, 0.3) is 5.91 Å². The van der Waals surface area contributed by atoms with Crippen LogP contribution in [0, 0.1) is 0 Å². The zero-order valence-electron chi connectivity index (χ0n) is 17.4. The molecule has 0 spiro atoms. The third kappa shape index (κ3) is 5.29. The minimum atomic E-state index is -3.37. The van der Waals surface area contributed by atoms with Crippen LogP contribution >= 0.6 is 0 Å². The SMILES string of the molecule is CC(Oc1ccc2c(c1)OCO2)C(=O)Nc1cccc(CS(=O)(=O)N2CCCCC2)c1. The molecule has 2 aromatic carbocycles. The fourth-order valence-corrected chi connectivity index (χ4v) is 5.23. The molecule has 0 aliphatic carbocycles. The van der Waals surface area contributed by atoms with Gasteiger partial charge in [-0.2, -0.15) is 0 Å². The van der Waals surface area contributed by atoms with E-state index < -0.39 is 16.1 Å². The van der Waals surface area contributed by atoms with Crippen molar-refractivity contribution >= 4 is 21.6 Å². The van der Waals surface area contributed by atoms with Gasteiger partial charge >= 0.3 is 0 Å². The Morgan fingerprint density at radius 1 is 1.10 bits per heavy atom. The molecule has 1 N–H and O–H groups in total. The third-order valence-corrected chi connectivity index (χ3v) is 7.13. The second-order valence-electron chi connectivity index (χ2n) is 7.68. The Morgan fingerprint density at radius 3 is 2.68 bits per heavy atom. The lowest BCUT2D eigenvalue weighted by Crippen LogP contribution is -2.36. The monoisotopic (exact) mass is 446 g/mol. The molecular weight excluding hydrogens is 420 g/mol. The topological polar surface area (TPSA) is 94.2 Å². The number of carbonyl (C=O) groups is 1. The highest BCUT2D eigenvalue weighted by molar-refractivity contribution is 7.88. The maximum atomic E-state index is 12.7. The van der Waals surface area contributed by atoms with Gasteiger partial charge in [0.2, 0.25) is 16.8 Å². The standard InChI is InChI=1S/C22H26N2O6S/c1-16(30-19-8-9-20-21(13-19)29-15-28-20)22(25)23-18-7-5-6-17(12-18)14-31(26,27)24-10-3-2-4-11-24/h5-9,12-13,16H,2-4,10-11,14-15H2,1H3,(H,23,25). The quantitative estimate of drug-likeness (QED) is 0.702. The molecule has 1 unspecified atom stereocenters. The van der Waals surface area contributed by atoms with Gasteiger partial charge < -0.3 is 19.5 Å². The number of sulfonamides is 1. The smallest absolute Gasteiger partial charge is 0.265 e. The second kappa shape index (κ2) is 9.15. The summed E-state index contributed by atoms with van der Waals surface area (Å²) in [4.78, 5) is 12.6. The summed E-state index contributed by atoms with van der Waals surface area (Å²) in [5.74, 6) is 1.29. The predicted molar refractivity (Wildman–Crippen MR) is 116 cm³/mol. The highest BCUT2D eigenvalue weighted by Gasteiger charge is 2.24. The summed E-state index contributed by atoms with van der Waals surface area (Å²) in [5, 5.41) is 2.79. The Bertz CT molecular complexity index is 1050. The molecule has 0 saturated carbocycles. The van der Waals surface area contributed by atoms with Crippen molar-refractivity contribution in [3.05, 3.63) is 48.0 Å². The largest absolute Gasteiger partial charge is 0.481 e. The number of ether oxygens (including phenoxy) is 3. The number of fused-ring (bicyclic) bond motifs is 1. The number of hydrogen-bond donors (Lipinski definition) is 1. The fraction of sp³-hybridized carbons (Fsp3) is 0.409. The molecule has 2 aromatic rings. The van der Waals surface area contributed by atoms with E-state index in [2.05, 4.69) is 5.32 Å². The molecule has 0 radical (unpaired) electrons. The number of nitrogens with zero attached hydrogens (tertiary/aromatic N) is 1. The van der Waals surface area contributed by atoms with E-state index in [4.69, 9.17) is 14.2 Å². The molecule has 1 fully saturated rings. The molecule has 2 aliphatic rings. The Kier molecular flexibility index (Phi) is 6.33. The predicted octanol–water partition coefficient (Wildman–Crippen LogP) is 3.14. The van der Waals surface area contributed by atoms with Gasteiger partial charge in [-0.05, 0) is 49.6 Å². The van der Waals surface area contributed by atoms with Crippen LogP contribution in [0.3, 0.4) is 0 Å². The van der Waals surface area contributed by atoms with Gasteiger partial charge in [0, 0.05) is 24.8 Å². The summed E-state index contributed by atoms with van der Waals surface area (Å²) in [7, 11) is -3.37. The lowest BCUT2D eigenvalue weighted by atomic mass is 10.2. The molecule has 2 aliphatic heterocycles. The van der Waals surface area contributed by atoms with Crippen molar-refractivity contribution in [1.82, 2.24) is 4.31 Å². The van der Waals surface area contributed by atoms with E-state index in [1.54, 1.807) is 53.7 Å². The Labute approximate surface area is 182 Å². The van der Waals surface area contributed by atoms with E-state index in [0.717, 1.165) is 19.3 Å². The zero-order valence-corrected chi connectivity index (χ0v) is 18.2. The van der Waals surface area contributed by atoms with Gasteiger partial charge in [0.1, 0.15) is 5.75 Å². The average Bonchev–Trinajstić information content (AvgIpc) is 3.22. The first-order chi connectivity index (χ1) is 14.9. The van der Waals surface area contributed by atoms with E-state index >= 15 is 0 Å². The van der Waals surface area contributed by atoms with Crippen molar-refractivity contribution < 1.29 is 27.4 Å². The molecular formula is C22H26N2O6S. The molecule has 0 aromatic heterocycles. The van der Waals surface area contributed by atoms with Crippen LogP contribution in [-0.4, -0.2) is 44.6 Å². The summed E-state index contributed by atoms with van der Waals surface area (Å²) >= 11 is 0. The molecule has 166 valence electrons. The number of benzene rings is 2. The van der Waals surface area contributed by atoms with Crippen molar-refractivity contribution in [3.63, 3.8) is 0 Å². The minimum absolute atomic E-state index is 0.0834. The van der Waals surface area contributed by atoms with Crippen LogP contribution in [0.25, 0.3) is 0 Å². The zero-order chi connectivity index (χ0) is 21.8. The van der Waals surface area contributed by atoms with Crippen LogP contribution in [0.1, 0.15) is 31.7 Å². The van der Waals surface area contributed by atoms with E-state index in [9.17, 15) is 13.2 Å². The van der Waals surface area contributed by atoms with Crippen molar-refractivity contribution in [2.45, 2.75) is 38.0 Å². The van der Waals surface area contributed by atoms with E-state index in [0.29, 0.717) is 41.6 Å². The Hall–Kier alpha value is -2.78. The van der Waals surface area contributed by atoms with E-state index in [1.165, 1.54) is 0 Å². The van der Waals surface area contributed by atoms with Crippen LogP contribution in [0.2, 0.25) is 0 Å². The van der Waals surface area contributed by atoms with Crippen LogP contribution in [0.4, 0.5) is 5.69 Å². The third-order valence-electron chi connectivity index (χ3n) is 5.28. The molecule has 31 heavy (non-hydrogen) atoms. The van der Waals surface area contributed by atoms with E-state index in [-0.39, 0.29) is 18.5 Å². The van der Waals surface area contributed by atoms with Gasteiger partial charge in [0.15, 0.2) is 17.6 Å². The van der Waals surface area contributed by atoms with E-state index in [1.807, 2.05) is 0 Å². The molecule has 4 rings (SSSR count). The first-order valence-corrected chi connectivity index (χ1v) is 12.0. The normalized spacial score (nSPS) is 17.2. The molecule has 1 atom stereocenters. The Morgan fingerprint density at radius 2 is 1.87 bits per heavy atom. The van der Waals surface area contributed by atoms with Crippen molar-refractivity contribution in [2.24, 2.45) is 0 Å². The van der Waals surface area contributed by atoms with Gasteiger partial charge in [0.05, 0.1) is 5.75 Å². The summed E-state index contributed by atoms with van der Waals surface area (Å²) < 4.78 is 43.2. The van der Waals surface area contributed by atoms with Gasteiger partial charge in [-0.1, -0.05) is 18.6 Å². The lowest BCUT2D eigenvalue weighted by Gasteiger charge is -2.26. The highest BCUT2D eigenvalue weighted by Crippen LogP contribution is 2.35. The van der Waals surface area contributed by atoms with Gasteiger partial charge in [-0.3, -0.25) is 4.79 Å². The van der Waals surface area contributed by atoms with Crippen LogP contribution in [0.15, 0.2) is 42.5 Å². The van der Waals surface area contributed by atoms with Crippen molar-refractivity contribution in [3.8, 4) is 17.2 Å². The summed E-state index contributed by atoms with van der Waals surface area (Å²) in [5.41, 5.74) is 1.16. The first-order valence-electron chi connectivity index (χ1n) is 10.3. The van der Waals surface area contributed by atoms with Gasteiger partial charge in [-0.25, -0.2) is 12.7 Å². The maximum Gasteiger partial charge on any atom is 0.265 e. The summed E-state index contributed by atoms with van der Waals surface area (Å²) in [6.45, 7) is 2.96. The minimum Gasteiger partial charge on any atom is -0.481 e. The number of rotatable bonds is 7. The second-order valence-corrected chi connectivity index (χ2v) is 9.65. The molecule has 9 heteroatoms. The number of amides is 1. The highest BCUT2D eigenvalue weighted by atomic mass is 32.2. The molecule has 1 amide bonds. The van der Waals surface area contributed by atoms with Crippen LogP contribution in [-0.2, 0) is 20.6 Å². The number of nitrogens with one attached hydrogen (secondary N) is 1. The summed E-state index contributed by atoms with van der Waals surface area (Å²) in [6.07, 6.45) is 2.11. The lowest BCUT2D eigenvalue weighted by molar-refractivity contribution is -0.122. The van der Waals surface area contributed by atoms with Crippen molar-refractivity contribution in [1.29, 1.82) is 0 Å². The fourth-order valence-electron chi connectivity index (χ4n) is 3.64. The number of carbonyl (C=O) groups excluding carboxylic acids is 1. The molecule has 0 bridgehead atoms. The average molecular weight is 447 g/mol. The number of hydrogen-bond acceptors (Lipinski definition) is 6.